The molecule has 2 aromatic carbocycles. The van der Waals surface area contributed by atoms with E-state index < -0.39 is 0 Å². The number of hydrogen-bond acceptors (Lipinski definition) is 5. The van der Waals surface area contributed by atoms with Gasteiger partial charge in [-0.3, -0.25) is 14.0 Å². The van der Waals surface area contributed by atoms with Crippen molar-refractivity contribution >= 4 is 33.7 Å². The molecule has 30 heavy (non-hydrogen) atoms. The van der Waals surface area contributed by atoms with Gasteiger partial charge < -0.3 is 10.1 Å². The Balaban J connectivity index is 1.39. The zero-order chi connectivity index (χ0) is 21.1. The molecule has 0 aliphatic heterocycles. The molecule has 6 nitrogen and oxygen atoms in total. The molecule has 0 aliphatic rings. The van der Waals surface area contributed by atoms with Gasteiger partial charge in [-0.1, -0.05) is 19.1 Å². The van der Waals surface area contributed by atoms with E-state index in [-0.39, 0.29) is 18.3 Å². The van der Waals surface area contributed by atoms with Gasteiger partial charge >= 0.3 is 0 Å². The van der Waals surface area contributed by atoms with Gasteiger partial charge in [-0.25, -0.2) is 4.98 Å². The third-order valence-corrected chi connectivity index (χ3v) is 5.52. The SMILES string of the molecule is CCc1cccc(OCC(=O)Nc2ccc(C(=O)c3c(C)nc4sccn34)cc2)c1. The molecule has 4 aromatic rings. The van der Waals surface area contributed by atoms with Gasteiger partial charge in [0.25, 0.3) is 5.91 Å². The first-order valence-electron chi connectivity index (χ1n) is 9.63. The van der Waals surface area contributed by atoms with Crippen molar-refractivity contribution in [1.29, 1.82) is 0 Å². The molecule has 1 amide bonds. The van der Waals surface area contributed by atoms with Crippen molar-refractivity contribution < 1.29 is 14.3 Å². The van der Waals surface area contributed by atoms with E-state index in [2.05, 4.69) is 17.2 Å². The van der Waals surface area contributed by atoms with Gasteiger partial charge in [-0.2, -0.15) is 0 Å². The van der Waals surface area contributed by atoms with E-state index in [4.69, 9.17) is 4.74 Å². The molecule has 0 aliphatic carbocycles. The number of hydrogen-bond donors (Lipinski definition) is 1. The number of aromatic nitrogens is 2. The lowest BCUT2D eigenvalue weighted by molar-refractivity contribution is -0.118. The number of anilines is 1. The van der Waals surface area contributed by atoms with E-state index in [9.17, 15) is 9.59 Å². The van der Waals surface area contributed by atoms with E-state index in [1.807, 2.05) is 47.2 Å². The van der Waals surface area contributed by atoms with Gasteiger partial charge in [0.1, 0.15) is 11.4 Å². The molecule has 0 radical (unpaired) electrons. The highest BCUT2D eigenvalue weighted by molar-refractivity contribution is 7.15. The second-order valence-electron chi connectivity index (χ2n) is 6.85. The van der Waals surface area contributed by atoms with Crippen LogP contribution in [0.4, 0.5) is 5.69 Å². The second-order valence-corrected chi connectivity index (χ2v) is 7.72. The Morgan fingerprint density at radius 3 is 2.73 bits per heavy atom. The molecule has 0 saturated heterocycles. The Morgan fingerprint density at radius 1 is 1.17 bits per heavy atom. The van der Waals surface area contributed by atoms with E-state index in [1.54, 1.807) is 24.3 Å². The molecule has 2 aromatic heterocycles. The lowest BCUT2D eigenvalue weighted by Gasteiger charge is -2.09. The van der Waals surface area contributed by atoms with Crippen molar-refractivity contribution in [2.75, 3.05) is 11.9 Å². The summed E-state index contributed by atoms with van der Waals surface area (Å²) in [5.41, 5.74) is 3.56. The Hall–Kier alpha value is -3.45. The fourth-order valence-electron chi connectivity index (χ4n) is 3.21. The molecular formula is C23H21N3O3S. The molecule has 2 heterocycles. The fraction of sp³-hybridized carbons (Fsp3) is 0.174. The van der Waals surface area contributed by atoms with Gasteiger partial charge in [0.15, 0.2) is 11.6 Å². The maximum absolute atomic E-state index is 12.9. The molecule has 7 heteroatoms. The summed E-state index contributed by atoms with van der Waals surface area (Å²) in [6.45, 7) is 3.81. The summed E-state index contributed by atoms with van der Waals surface area (Å²) in [5, 5.41) is 4.69. The predicted molar refractivity (Wildman–Crippen MR) is 118 cm³/mol. The standard InChI is InChI=1S/C23H21N3O3S/c1-3-16-5-4-6-19(13-16)29-14-20(27)25-18-9-7-17(8-10-18)22(28)21-15(2)24-23-26(21)11-12-30-23/h4-13H,3,14H2,1-2H3,(H,25,27). The second kappa shape index (κ2) is 8.51. The normalized spacial score (nSPS) is 10.9. The van der Waals surface area contributed by atoms with Gasteiger partial charge in [-0.15, -0.1) is 11.3 Å². The quantitative estimate of drug-likeness (QED) is 0.447. The summed E-state index contributed by atoms with van der Waals surface area (Å²) in [7, 11) is 0. The number of imidazole rings is 1. The molecule has 152 valence electrons. The number of benzene rings is 2. The number of carbonyl (C=O) groups is 2. The minimum atomic E-state index is -0.261. The number of nitrogens with zero attached hydrogens (tertiary/aromatic N) is 2. The molecule has 0 spiro atoms. The predicted octanol–water partition coefficient (Wildman–Crippen LogP) is 4.52. The molecule has 0 bridgehead atoms. The number of thiazole rings is 1. The summed E-state index contributed by atoms with van der Waals surface area (Å²) in [4.78, 5) is 30.3. The minimum absolute atomic E-state index is 0.0843. The number of carbonyl (C=O) groups excluding carboxylic acids is 2. The molecule has 1 N–H and O–H groups in total. The first-order valence-corrected chi connectivity index (χ1v) is 10.5. The molecule has 0 unspecified atom stereocenters. The lowest BCUT2D eigenvalue weighted by atomic mass is 10.1. The smallest absolute Gasteiger partial charge is 0.262 e. The number of ether oxygens (including phenoxy) is 1. The number of amides is 1. The summed E-state index contributed by atoms with van der Waals surface area (Å²) in [6.07, 6.45) is 2.75. The topological polar surface area (TPSA) is 72.7 Å². The Morgan fingerprint density at radius 2 is 1.97 bits per heavy atom. The summed E-state index contributed by atoms with van der Waals surface area (Å²) >= 11 is 1.49. The summed E-state index contributed by atoms with van der Waals surface area (Å²) in [6, 6.07) is 14.5. The molecule has 4 rings (SSSR count). The summed E-state index contributed by atoms with van der Waals surface area (Å²) < 4.78 is 7.37. The fourth-order valence-corrected chi connectivity index (χ4v) is 3.97. The van der Waals surface area contributed by atoms with E-state index in [1.165, 1.54) is 11.3 Å². The first-order chi connectivity index (χ1) is 14.5. The molecular weight excluding hydrogens is 398 g/mol. The van der Waals surface area contributed by atoms with Crippen LogP contribution in [0.2, 0.25) is 0 Å². The molecule has 0 atom stereocenters. The third-order valence-electron chi connectivity index (χ3n) is 4.76. The van der Waals surface area contributed by atoms with Crippen LogP contribution in [0, 0.1) is 6.92 Å². The van der Waals surface area contributed by atoms with Crippen molar-refractivity contribution in [1.82, 2.24) is 9.38 Å². The zero-order valence-electron chi connectivity index (χ0n) is 16.7. The number of nitrogens with one attached hydrogen (secondary N) is 1. The maximum Gasteiger partial charge on any atom is 0.262 e. The van der Waals surface area contributed by atoms with Gasteiger partial charge in [-0.05, 0) is 55.3 Å². The highest BCUT2D eigenvalue weighted by atomic mass is 32.1. The van der Waals surface area contributed by atoms with E-state index >= 15 is 0 Å². The average Bonchev–Trinajstić information content (AvgIpc) is 3.32. The van der Waals surface area contributed by atoms with Crippen molar-refractivity contribution in [2.45, 2.75) is 20.3 Å². The van der Waals surface area contributed by atoms with Crippen LogP contribution in [0.5, 0.6) is 5.75 Å². The van der Waals surface area contributed by atoms with Gasteiger partial charge in [0.05, 0.1) is 5.69 Å². The highest BCUT2D eigenvalue weighted by Gasteiger charge is 2.19. The Bertz CT molecular complexity index is 1210. The van der Waals surface area contributed by atoms with Gasteiger partial charge in [0, 0.05) is 22.8 Å². The van der Waals surface area contributed by atoms with Crippen LogP contribution in [0.1, 0.15) is 34.2 Å². The molecule has 0 fully saturated rings. The number of rotatable bonds is 7. The van der Waals surface area contributed by atoms with Crippen LogP contribution in [0.3, 0.4) is 0 Å². The zero-order valence-corrected chi connectivity index (χ0v) is 17.5. The minimum Gasteiger partial charge on any atom is -0.484 e. The third kappa shape index (κ3) is 4.11. The van der Waals surface area contributed by atoms with Crippen LogP contribution in [0.25, 0.3) is 4.96 Å². The van der Waals surface area contributed by atoms with Crippen molar-refractivity contribution in [3.05, 3.63) is 82.6 Å². The van der Waals surface area contributed by atoms with Crippen LogP contribution in [-0.4, -0.2) is 27.7 Å². The highest BCUT2D eigenvalue weighted by Crippen LogP contribution is 2.21. The number of fused-ring (bicyclic) bond motifs is 1. The van der Waals surface area contributed by atoms with Gasteiger partial charge in [0.2, 0.25) is 5.78 Å². The van der Waals surface area contributed by atoms with E-state index in [0.29, 0.717) is 28.4 Å². The van der Waals surface area contributed by atoms with Crippen molar-refractivity contribution in [3.63, 3.8) is 0 Å². The first kappa shape index (κ1) is 19.8. The van der Waals surface area contributed by atoms with Crippen molar-refractivity contribution in [3.8, 4) is 5.75 Å². The maximum atomic E-state index is 12.9. The summed E-state index contributed by atoms with van der Waals surface area (Å²) in [5.74, 6) is 0.305. The molecule has 0 saturated carbocycles. The Kier molecular flexibility index (Phi) is 5.63. The van der Waals surface area contributed by atoms with E-state index in [0.717, 1.165) is 16.9 Å². The van der Waals surface area contributed by atoms with Crippen LogP contribution < -0.4 is 10.1 Å². The van der Waals surface area contributed by atoms with Crippen LogP contribution >= 0.6 is 11.3 Å². The number of ketones is 1. The monoisotopic (exact) mass is 419 g/mol. The largest absolute Gasteiger partial charge is 0.484 e. The number of aryl methyl sites for hydroxylation is 2. The average molecular weight is 420 g/mol. The van der Waals surface area contributed by atoms with Crippen molar-refractivity contribution in [2.24, 2.45) is 0 Å². The van der Waals surface area contributed by atoms with Crippen LogP contribution in [-0.2, 0) is 11.2 Å². The lowest BCUT2D eigenvalue weighted by Crippen LogP contribution is -2.20. The Labute approximate surface area is 178 Å². The van der Waals surface area contributed by atoms with Crippen LogP contribution in [0.15, 0.2) is 60.1 Å².